The predicted molar refractivity (Wildman–Crippen MR) is 105 cm³/mol. The zero-order chi connectivity index (χ0) is 19.2. The Bertz CT molecular complexity index is 740. The number of nitrogens with zero attached hydrogens (tertiary/aromatic N) is 5. The van der Waals surface area contributed by atoms with E-state index in [1.807, 2.05) is 13.8 Å². The van der Waals surface area contributed by atoms with E-state index < -0.39 is 0 Å². The van der Waals surface area contributed by atoms with E-state index in [1.165, 1.54) is 11.8 Å². The van der Waals surface area contributed by atoms with Gasteiger partial charge in [-0.15, -0.1) is 10.2 Å². The third kappa shape index (κ3) is 5.72. The van der Waals surface area contributed by atoms with Gasteiger partial charge in [-0.3, -0.25) is 4.79 Å². The fourth-order valence-electron chi connectivity index (χ4n) is 2.16. The summed E-state index contributed by atoms with van der Waals surface area (Å²) < 4.78 is 1.73. The van der Waals surface area contributed by atoms with E-state index in [4.69, 9.17) is 0 Å². The van der Waals surface area contributed by atoms with Crippen molar-refractivity contribution in [1.29, 1.82) is 0 Å². The molecule has 2 rings (SSSR count). The van der Waals surface area contributed by atoms with Gasteiger partial charge in [0.2, 0.25) is 17.8 Å². The van der Waals surface area contributed by atoms with Crippen LogP contribution in [0.5, 0.6) is 0 Å². The molecule has 1 amide bonds. The van der Waals surface area contributed by atoms with Gasteiger partial charge in [0.25, 0.3) is 5.78 Å². The lowest BCUT2D eigenvalue weighted by molar-refractivity contribution is -0.118. The summed E-state index contributed by atoms with van der Waals surface area (Å²) >= 11 is 1.32. The van der Waals surface area contributed by atoms with E-state index in [-0.39, 0.29) is 17.1 Å². The Kier molecular flexibility index (Phi) is 7.01. The van der Waals surface area contributed by atoms with Crippen LogP contribution < -0.4 is 16.0 Å². The fourth-order valence-corrected chi connectivity index (χ4v) is 2.91. The minimum atomic E-state index is -0.0220. The summed E-state index contributed by atoms with van der Waals surface area (Å²) in [6.45, 7) is 12.5. The van der Waals surface area contributed by atoms with E-state index in [2.05, 4.69) is 56.9 Å². The number of amides is 1. The average Bonchev–Trinajstić information content (AvgIpc) is 2.95. The molecular weight excluding hydrogens is 352 g/mol. The first-order valence-electron chi connectivity index (χ1n) is 8.84. The molecule has 0 saturated carbocycles. The number of hydrogen-bond donors (Lipinski definition) is 3. The normalized spacial score (nSPS) is 11.6. The Balaban J connectivity index is 2.06. The third-order valence-corrected chi connectivity index (χ3v) is 4.37. The van der Waals surface area contributed by atoms with Gasteiger partial charge in [0, 0.05) is 19.6 Å². The molecular formula is C16H28N8OS. The van der Waals surface area contributed by atoms with Crippen molar-refractivity contribution < 1.29 is 4.79 Å². The van der Waals surface area contributed by atoms with Gasteiger partial charge in [0.05, 0.1) is 5.75 Å². The van der Waals surface area contributed by atoms with Crippen molar-refractivity contribution in [2.24, 2.45) is 5.41 Å². The van der Waals surface area contributed by atoms with Gasteiger partial charge in [-0.2, -0.15) is 9.97 Å². The summed E-state index contributed by atoms with van der Waals surface area (Å²) in [7, 11) is 0. The Morgan fingerprint density at radius 3 is 2.50 bits per heavy atom. The van der Waals surface area contributed by atoms with E-state index in [0.29, 0.717) is 42.5 Å². The molecule has 0 fully saturated rings. The van der Waals surface area contributed by atoms with E-state index in [0.717, 1.165) is 6.42 Å². The van der Waals surface area contributed by atoms with Crippen molar-refractivity contribution in [2.75, 3.05) is 36.0 Å². The van der Waals surface area contributed by atoms with E-state index >= 15 is 0 Å². The molecule has 0 atom stereocenters. The number of anilines is 2. The summed E-state index contributed by atoms with van der Waals surface area (Å²) in [5.74, 6) is 1.80. The van der Waals surface area contributed by atoms with Gasteiger partial charge in [-0.25, -0.2) is 4.40 Å². The van der Waals surface area contributed by atoms with Crippen molar-refractivity contribution >= 4 is 35.3 Å². The maximum absolute atomic E-state index is 12.1. The lowest BCUT2D eigenvalue weighted by Gasteiger charge is -2.17. The highest BCUT2D eigenvalue weighted by molar-refractivity contribution is 7.99. The number of carbonyl (C=O) groups is 1. The molecule has 0 saturated heterocycles. The van der Waals surface area contributed by atoms with Gasteiger partial charge in [0.1, 0.15) is 0 Å². The van der Waals surface area contributed by atoms with Crippen LogP contribution in [0, 0.1) is 5.41 Å². The monoisotopic (exact) mass is 380 g/mol. The summed E-state index contributed by atoms with van der Waals surface area (Å²) in [4.78, 5) is 20.9. The molecule has 9 nitrogen and oxygen atoms in total. The average molecular weight is 381 g/mol. The van der Waals surface area contributed by atoms with Crippen LogP contribution in [0.1, 0.15) is 41.0 Å². The highest BCUT2D eigenvalue weighted by Gasteiger charge is 2.16. The maximum Gasteiger partial charge on any atom is 0.261 e. The van der Waals surface area contributed by atoms with Crippen molar-refractivity contribution in [3.8, 4) is 0 Å². The third-order valence-electron chi connectivity index (χ3n) is 3.45. The van der Waals surface area contributed by atoms with Crippen LogP contribution in [-0.2, 0) is 4.79 Å². The number of thioether (sulfide) groups is 1. The smallest absolute Gasteiger partial charge is 0.261 e. The Labute approximate surface area is 158 Å². The zero-order valence-electron chi connectivity index (χ0n) is 16.1. The molecule has 0 radical (unpaired) electrons. The predicted octanol–water partition coefficient (Wildman–Crippen LogP) is 2.03. The Morgan fingerprint density at radius 1 is 1.12 bits per heavy atom. The van der Waals surface area contributed by atoms with Crippen LogP contribution in [0.15, 0.2) is 5.16 Å². The van der Waals surface area contributed by atoms with Gasteiger partial charge >= 0.3 is 0 Å². The molecule has 0 aliphatic heterocycles. The molecule has 2 aromatic heterocycles. The number of hydrogen-bond acceptors (Lipinski definition) is 8. The lowest BCUT2D eigenvalue weighted by atomic mass is 9.92. The lowest BCUT2D eigenvalue weighted by Crippen LogP contribution is -2.28. The van der Waals surface area contributed by atoms with Crippen LogP contribution in [-0.4, -0.2) is 55.9 Å². The summed E-state index contributed by atoms with van der Waals surface area (Å²) in [5.41, 5.74) is 0.200. The first-order chi connectivity index (χ1) is 12.3. The van der Waals surface area contributed by atoms with E-state index in [1.54, 1.807) is 4.40 Å². The number of aromatic nitrogens is 5. The molecule has 26 heavy (non-hydrogen) atoms. The van der Waals surface area contributed by atoms with E-state index in [9.17, 15) is 4.79 Å². The summed E-state index contributed by atoms with van der Waals surface area (Å²) in [6.07, 6.45) is 0.933. The number of fused-ring (bicyclic) bond motifs is 1. The molecule has 2 aromatic rings. The zero-order valence-corrected chi connectivity index (χ0v) is 16.9. The number of rotatable bonds is 9. The van der Waals surface area contributed by atoms with Gasteiger partial charge in [0.15, 0.2) is 5.16 Å². The molecule has 0 spiro atoms. The Morgan fingerprint density at radius 2 is 1.85 bits per heavy atom. The molecule has 2 heterocycles. The van der Waals surface area contributed by atoms with Crippen molar-refractivity contribution in [3.63, 3.8) is 0 Å². The standard InChI is InChI=1S/C16H28N8OS/c1-6-17-12-20-13(18-7-2)24-14(21-12)22-23-15(24)26-10-11(25)19-9-8-16(3,4)5/h6-10H2,1-5H3,(H,19,25)(H2,17,18,20,21,22). The largest absolute Gasteiger partial charge is 0.355 e. The number of carbonyl (C=O) groups excluding carboxylic acids is 1. The molecule has 3 N–H and O–H groups in total. The molecule has 144 valence electrons. The van der Waals surface area contributed by atoms with Crippen molar-refractivity contribution in [2.45, 2.75) is 46.2 Å². The minimum Gasteiger partial charge on any atom is -0.355 e. The fraction of sp³-hybridized carbons (Fsp3) is 0.688. The van der Waals surface area contributed by atoms with Gasteiger partial charge in [-0.1, -0.05) is 32.5 Å². The van der Waals surface area contributed by atoms with Crippen LogP contribution in [0.25, 0.3) is 5.78 Å². The summed E-state index contributed by atoms with van der Waals surface area (Å²) in [5, 5.41) is 18.1. The molecule has 0 aliphatic rings. The molecule has 0 aromatic carbocycles. The number of nitrogens with one attached hydrogen (secondary N) is 3. The molecule has 0 bridgehead atoms. The van der Waals surface area contributed by atoms with Crippen molar-refractivity contribution in [3.05, 3.63) is 0 Å². The molecule has 10 heteroatoms. The van der Waals surface area contributed by atoms with Crippen LogP contribution in [0.3, 0.4) is 0 Å². The van der Waals surface area contributed by atoms with Crippen LogP contribution in [0.4, 0.5) is 11.9 Å². The topological polar surface area (TPSA) is 109 Å². The van der Waals surface area contributed by atoms with Crippen LogP contribution in [0.2, 0.25) is 0 Å². The molecule has 0 unspecified atom stereocenters. The second-order valence-electron chi connectivity index (χ2n) is 7.00. The maximum atomic E-state index is 12.1. The first-order valence-corrected chi connectivity index (χ1v) is 9.83. The second-order valence-corrected chi connectivity index (χ2v) is 7.94. The van der Waals surface area contributed by atoms with Crippen LogP contribution >= 0.6 is 11.8 Å². The highest BCUT2D eigenvalue weighted by Crippen LogP contribution is 2.21. The van der Waals surface area contributed by atoms with Gasteiger partial charge < -0.3 is 16.0 Å². The van der Waals surface area contributed by atoms with Gasteiger partial charge in [-0.05, 0) is 25.7 Å². The highest BCUT2D eigenvalue weighted by atomic mass is 32.2. The molecule has 0 aliphatic carbocycles. The SMILES string of the molecule is CCNc1nc(NCC)n2c(SCC(=O)NCCC(C)(C)C)nnc2n1. The van der Waals surface area contributed by atoms with Crippen molar-refractivity contribution in [1.82, 2.24) is 29.9 Å². The Hall–Kier alpha value is -2.10. The second kappa shape index (κ2) is 9.02. The quantitative estimate of drug-likeness (QED) is 0.567. The minimum absolute atomic E-state index is 0.0220. The first kappa shape index (κ1) is 20.2. The summed E-state index contributed by atoms with van der Waals surface area (Å²) in [6, 6.07) is 0.